The molecule has 52 heavy (non-hydrogen) atoms. The Balaban J connectivity index is 1.22. The van der Waals surface area contributed by atoms with Crippen LogP contribution in [0.2, 0.25) is 0 Å². The van der Waals surface area contributed by atoms with Gasteiger partial charge in [-0.15, -0.1) is 0 Å². The Morgan fingerprint density at radius 1 is 0.346 bits per heavy atom. The predicted octanol–water partition coefficient (Wildman–Crippen LogP) is 13.9. The fourth-order valence-electron chi connectivity index (χ4n) is 7.99. The molecule has 0 spiro atoms. The zero-order valence-electron chi connectivity index (χ0n) is 28.5. The van der Waals surface area contributed by atoms with Crippen LogP contribution in [-0.2, 0) is 0 Å². The van der Waals surface area contributed by atoms with Gasteiger partial charge in [-0.1, -0.05) is 158 Å². The van der Waals surface area contributed by atoms with Crippen molar-refractivity contribution >= 4 is 60.4 Å². The van der Waals surface area contributed by atoms with Crippen molar-refractivity contribution in [2.24, 2.45) is 0 Å². The van der Waals surface area contributed by atoms with Crippen molar-refractivity contribution in [2.45, 2.75) is 0 Å². The van der Waals surface area contributed by atoms with Gasteiger partial charge in [0, 0.05) is 27.8 Å². The number of fused-ring (bicyclic) bond motifs is 6. The molecule has 244 valence electrons. The van der Waals surface area contributed by atoms with Crippen molar-refractivity contribution in [2.75, 3.05) is 4.90 Å². The number of nitrogens with zero attached hydrogens (tertiary/aromatic N) is 2. The Labute approximate surface area is 303 Å². The molecule has 0 aliphatic carbocycles. The highest BCUT2D eigenvalue weighted by molar-refractivity contribution is 6.15. The van der Waals surface area contributed by atoms with Crippen LogP contribution in [0, 0.1) is 0 Å². The van der Waals surface area contributed by atoms with Crippen LogP contribution in [0.15, 0.2) is 206 Å². The van der Waals surface area contributed by atoms with Crippen LogP contribution >= 0.6 is 0 Å². The Bertz CT molecular complexity index is 2890. The van der Waals surface area contributed by atoms with Crippen LogP contribution in [0.25, 0.3) is 71.3 Å². The summed E-state index contributed by atoms with van der Waals surface area (Å²) in [5.74, 6) is 0. The van der Waals surface area contributed by atoms with Gasteiger partial charge in [0.2, 0.25) is 0 Å². The zero-order chi connectivity index (χ0) is 34.4. The average Bonchev–Trinajstić information content (AvgIpc) is 3.57. The largest absolute Gasteiger partial charge is 0.308 e. The summed E-state index contributed by atoms with van der Waals surface area (Å²) in [6, 6.07) is 74.7. The molecule has 9 aromatic carbocycles. The molecule has 2 nitrogen and oxygen atoms in total. The molecule has 1 aromatic heterocycles. The first-order valence-electron chi connectivity index (χ1n) is 17.9. The van der Waals surface area contributed by atoms with Gasteiger partial charge in [-0.05, 0) is 92.3 Å². The van der Waals surface area contributed by atoms with E-state index in [1.807, 2.05) is 0 Å². The highest BCUT2D eigenvalue weighted by atomic mass is 15.2. The van der Waals surface area contributed by atoms with E-state index in [1.54, 1.807) is 0 Å². The quantitative estimate of drug-likeness (QED) is 0.161. The van der Waals surface area contributed by atoms with Crippen LogP contribution < -0.4 is 4.90 Å². The summed E-state index contributed by atoms with van der Waals surface area (Å²) >= 11 is 0. The Hall–Kier alpha value is -6.90. The lowest BCUT2D eigenvalue weighted by molar-refractivity contribution is 1.17. The molecule has 10 rings (SSSR count). The van der Waals surface area contributed by atoms with Gasteiger partial charge in [-0.2, -0.15) is 0 Å². The van der Waals surface area contributed by atoms with E-state index in [0.717, 1.165) is 22.7 Å². The molecule has 0 fully saturated rings. The summed E-state index contributed by atoms with van der Waals surface area (Å²) in [4.78, 5) is 2.43. The lowest BCUT2D eigenvalue weighted by Crippen LogP contribution is -2.12. The van der Waals surface area contributed by atoms with Crippen molar-refractivity contribution in [1.82, 2.24) is 4.57 Å². The standard InChI is InChI=1S/C50H34N2/c1-3-14-35(15-4-1)36-28-31-40(32-29-36)51(49-27-13-25-47-46-22-9-10-26-48(46)52(50(47)49)39-18-5-2-6-19-39)41-20-11-17-38(34-41)43-23-12-24-44-42-21-8-7-16-37(42)30-33-45(43)44/h1-34H. The molecule has 0 N–H and O–H groups in total. The molecule has 0 amide bonds. The number of hydrogen-bond acceptors (Lipinski definition) is 1. The Morgan fingerprint density at radius 3 is 1.83 bits per heavy atom. The van der Waals surface area contributed by atoms with Crippen molar-refractivity contribution in [3.8, 4) is 27.9 Å². The van der Waals surface area contributed by atoms with Gasteiger partial charge in [-0.25, -0.2) is 0 Å². The van der Waals surface area contributed by atoms with E-state index < -0.39 is 0 Å². The first-order chi connectivity index (χ1) is 25.8. The van der Waals surface area contributed by atoms with Crippen molar-refractivity contribution in [1.29, 1.82) is 0 Å². The van der Waals surface area contributed by atoms with E-state index in [1.165, 1.54) is 65.6 Å². The monoisotopic (exact) mass is 662 g/mol. The minimum Gasteiger partial charge on any atom is -0.308 e. The van der Waals surface area contributed by atoms with Gasteiger partial charge < -0.3 is 9.47 Å². The molecule has 0 aliphatic rings. The molecule has 0 saturated heterocycles. The first kappa shape index (κ1) is 30.0. The second kappa shape index (κ2) is 12.5. The lowest BCUT2D eigenvalue weighted by atomic mass is 9.94. The summed E-state index contributed by atoms with van der Waals surface area (Å²) in [7, 11) is 0. The maximum atomic E-state index is 2.43. The maximum Gasteiger partial charge on any atom is 0.0782 e. The molecule has 0 radical (unpaired) electrons. The molecule has 1 heterocycles. The fourth-order valence-corrected chi connectivity index (χ4v) is 7.99. The molecule has 0 atom stereocenters. The van der Waals surface area contributed by atoms with Gasteiger partial charge in [0.15, 0.2) is 0 Å². The van der Waals surface area contributed by atoms with Crippen molar-refractivity contribution in [3.05, 3.63) is 206 Å². The van der Waals surface area contributed by atoms with Crippen LogP contribution in [0.4, 0.5) is 17.1 Å². The highest BCUT2D eigenvalue weighted by Crippen LogP contribution is 2.45. The van der Waals surface area contributed by atoms with E-state index >= 15 is 0 Å². The highest BCUT2D eigenvalue weighted by Gasteiger charge is 2.22. The SMILES string of the molecule is c1ccc(-c2ccc(N(c3cccc(-c4cccc5c4ccc4ccccc45)c3)c3cccc4c5ccccc5n(-c5ccccc5)c34)cc2)cc1. The molecule has 0 saturated carbocycles. The smallest absolute Gasteiger partial charge is 0.0782 e. The zero-order valence-corrected chi connectivity index (χ0v) is 28.5. The van der Waals surface area contributed by atoms with Crippen LogP contribution in [-0.4, -0.2) is 4.57 Å². The number of hydrogen-bond donors (Lipinski definition) is 0. The summed E-state index contributed by atoms with van der Waals surface area (Å²) in [5.41, 5.74) is 11.6. The third kappa shape index (κ3) is 4.96. The fraction of sp³-hybridized carbons (Fsp3) is 0. The van der Waals surface area contributed by atoms with Gasteiger partial charge in [0.05, 0.1) is 16.7 Å². The molecule has 0 unspecified atom stereocenters. The van der Waals surface area contributed by atoms with E-state index in [-0.39, 0.29) is 0 Å². The summed E-state index contributed by atoms with van der Waals surface area (Å²) < 4.78 is 2.42. The van der Waals surface area contributed by atoms with E-state index in [4.69, 9.17) is 0 Å². The van der Waals surface area contributed by atoms with E-state index in [9.17, 15) is 0 Å². The molecule has 2 heteroatoms. The number of rotatable bonds is 6. The second-order valence-corrected chi connectivity index (χ2v) is 13.3. The minimum absolute atomic E-state index is 1.10. The average molecular weight is 663 g/mol. The Kier molecular flexibility index (Phi) is 7.18. The summed E-state index contributed by atoms with van der Waals surface area (Å²) in [6.45, 7) is 0. The van der Waals surface area contributed by atoms with Crippen molar-refractivity contribution in [3.63, 3.8) is 0 Å². The van der Waals surface area contributed by atoms with Gasteiger partial charge in [-0.3, -0.25) is 0 Å². The minimum atomic E-state index is 1.10. The third-order valence-electron chi connectivity index (χ3n) is 10.4. The van der Waals surface area contributed by atoms with E-state index in [2.05, 4.69) is 216 Å². The second-order valence-electron chi connectivity index (χ2n) is 13.3. The molecule has 10 aromatic rings. The number of aromatic nitrogens is 1. The number of anilines is 3. The third-order valence-corrected chi connectivity index (χ3v) is 10.4. The molecular weight excluding hydrogens is 629 g/mol. The van der Waals surface area contributed by atoms with Crippen LogP contribution in [0.3, 0.4) is 0 Å². The predicted molar refractivity (Wildman–Crippen MR) is 221 cm³/mol. The normalized spacial score (nSPS) is 11.5. The van der Waals surface area contributed by atoms with Gasteiger partial charge in [0.25, 0.3) is 0 Å². The summed E-state index contributed by atoms with van der Waals surface area (Å²) in [5, 5.41) is 7.51. The van der Waals surface area contributed by atoms with Crippen LogP contribution in [0.5, 0.6) is 0 Å². The topological polar surface area (TPSA) is 8.17 Å². The molecule has 0 aliphatic heterocycles. The summed E-state index contributed by atoms with van der Waals surface area (Å²) in [6.07, 6.45) is 0. The van der Waals surface area contributed by atoms with Gasteiger partial charge >= 0.3 is 0 Å². The lowest BCUT2D eigenvalue weighted by Gasteiger charge is -2.28. The maximum absolute atomic E-state index is 2.43. The van der Waals surface area contributed by atoms with Crippen molar-refractivity contribution < 1.29 is 0 Å². The Morgan fingerprint density at radius 2 is 0.981 bits per heavy atom. The number of para-hydroxylation sites is 3. The first-order valence-corrected chi connectivity index (χ1v) is 17.9. The number of benzene rings is 9. The van der Waals surface area contributed by atoms with Gasteiger partial charge in [0.1, 0.15) is 0 Å². The van der Waals surface area contributed by atoms with E-state index in [0.29, 0.717) is 0 Å². The molecule has 0 bridgehead atoms. The molecular formula is C50H34N2. The van der Waals surface area contributed by atoms with Crippen LogP contribution in [0.1, 0.15) is 0 Å².